The van der Waals surface area contributed by atoms with E-state index in [1.165, 1.54) is 15.4 Å². The number of hydrogen-bond acceptors (Lipinski definition) is 2. The summed E-state index contributed by atoms with van der Waals surface area (Å²) in [5.41, 5.74) is 3.04. The van der Waals surface area contributed by atoms with E-state index in [-0.39, 0.29) is 17.9 Å². The van der Waals surface area contributed by atoms with E-state index in [4.69, 9.17) is 0 Å². The molecule has 2 amide bonds. The number of benzene rings is 2. The number of likely N-dealkylation sites (tertiary alicyclic amines) is 1. The van der Waals surface area contributed by atoms with Crippen molar-refractivity contribution in [3.05, 3.63) is 65.7 Å². The van der Waals surface area contributed by atoms with Crippen LogP contribution in [0.1, 0.15) is 30.0 Å². The Morgan fingerprint density at radius 2 is 1.58 bits per heavy atom. The van der Waals surface area contributed by atoms with Gasteiger partial charge in [-0.25, -0.2) is 0 Å². The summed E-state index contributed by atoms with van der Waals surface area (Å²) >= 11 is 0. The number of piperazine rings is 1. The lowest BCUT2D eigenvalue weighted by Gasteiger charge is -2.34. The zero-order valence-electron chi connectivity index (χ0n) is 18.4. The second kappa shape index (κ2) is 10.1. The van der Waals surface area contributed by atoms with E-state index in [9.17, 15) is 9.59 Å². The van der Waals surface area contributed by atoms with Gasteiger partial charge < -0.3 is 20.0 Å². The molecule has 164 valence electrons. The van der Waals surface area contributed by atoms with Crippen LogP contribution < -0.4 is 15.1 Å². The molecule has 0 radical (unpaired) electrons. The van der Waals surface area contributed by atoms with E-state index in [1.807, 2.05) is 66.4 Å². The van der Waals surface area contributed by atoms with Crippen LogP contribution in [0.25, 0.3) is 0 Å². The van der Waals surface area contributed by atoms with E-state index in [0.29, 0.717) is 6.54 Å². The molecule has 6 nitrogen and oxygen atoms in total. The monoisotopic (exact) mass is 422 g/mol. The molecule has 31 heavy (non-hydrogen) atoms. The van der Waals surface area contributed by atoms with Crippen LogP contribution in [0, 0.1) is 6.92 Å². The van der Waals surface area contributed by atoms with Crippen molar-refractivity contribution >= 4 is 17.5 Å². The van der Waals surface area contributed by atoms with Gasteiger partial charge in [-0.3, -0.25) is 9.59 Å². The van der Waals surface area contributed by atoms with Crippen molar-refractivity contribution in [2.24, 2.45) is 0 Å². The molecule has 2 aliphatic rings. The molecule has 2 aliphatic heterocycles. The summed E-state index contributed by atoms with van der Waals surface area (Å²) in [5.74, 6) is 0.314. The molecule has 0 saturated carbocycles. The third-order valence-electron chi connectivity index (χ3n) is 6.58. The quantitative estimate of drug-likeness (QED) is 0.618. The maximum atomic E-state index is 13.3. The molecule has 2 aromatic carbocycles. The number of nitrogens with zero attached hydrogens (tertiary/aromatic N) is 1. The molecule has 2 saturated heterocycles. The molecule has 4 rings (SSSR count). The van der Waals surface area contributed by atoms with Gasteiger partial charge in [-0.2, -0.15) is 0 Å². The van der Waals surface area contributed by atoms with Crippen LogP contribution in [0.2, 0.25) is 0 Å². The number of quaternary nitrogens is 2. The Balaban J connectivity index is 1.41. The molecular formula is C25H34N4O2+2. The molecular weight excluding hydrogens is 388 g/mol. The minimum atomic E-state index is -0.252. The molecule has 0 spiro atoms. The number of rotatable bonds is 6. The van der Waals surface area contributed by atoms with Gasteiger partial charge in [0, 0.05) is 24.3 Å². The average Bonchev–Trinajstić information content (AvgIpc) is 3.33. The molecule has 1 atom stereocenters. The Bertz CT molecular complexity index is 870. The number of amides is 2. The van der Waals surface area contributed by atoms with E-state index >= 15 is 0 Å². The van der Waals surface area contributed by atoms with Crippen molar-refractivity contribution < 1.29 is 19.4 Å². The Morgan fingerprint density at radius 3 is 2.23 bits per heavy atom. The van der Waals surface area contributed by atoms with E-state index in [0.717, 1.165) is 63.4 Å². The summed E-state index contributed by atoms with van der Waals surface area (Å²) in [5, 5.41) is 3.12. The number of carbonyl (C=O) groups is 2. The Labute approximate surface area is 184 Å². The van der Waals surface area contributed by atoms with Gasteiger partial charge in [0.25, 0.3) is 11.8 Å². The predicted molar refractivity (Wildman–Crippen MR) is 121 cm³/mol. The van der Waals surface area contributed by atoms with Gasteiger partial charge in [-0.05, 0) is 31.9 Å². The fourth-order valence-corrected chi connectivity index (χ4v) is 4.75. The molecule has 2 heterocycles. The van der Waals surface area contributed by atoms with E-state index in [2.05, 4.69) is 5.32 Å². The van der Waals surface area contributed by atoms with Crippen LogP contribution in [0.15, 0.2) is 54.6 Å². The first kappa shape index (κ1) is 21.5. The largest absolute Gasteiger partial charge is 0.338 e. The van der Waals surface area contributed by atoms with Crippen molar-refractivity contribution in [3.8, 4) is 0 Å². The van der Waals surface area contributed by atoms with Crippen molar-refractivity contribution in [1.29, 1.82) is 0 Å². The molecule has 3 N–H and O–H groups in total. The van der Waals surface area contributed by atoms with E-state index in [1.54, 1.807) is 0 Å². The summed E-state index contributed by atoms with van der Waals surface area (Å²) < 4.78 is 0. The Hall–Kier alpha value is -2.70. The molecule has 0 aliphatic carbocycles. The van der Waals surface area contributed by atoms with Crippen molar-refractivity contribution in [2.75, 3.05) is 51.1 Å². The van der Waals surface area contributed by atoms with Gasteiger partial charge in [-0.15, -0.1) is 0 Å². The first-order valence-corrected chi connectivity index (χ1v) is 11.5. The van der Waals surface area contributed by atoms with Gasteiger partial charge in [0.05, 0.1) is 0 Å². The fraction of sp³-hybridized carbons (Fsp3) is 0.440. The molecule has 0 unspecified atom stereocenters. The molecule has 2 aromatic rings. The van der Waals surface area contributed by atoms with Crippen molar-refractivity contribution in [2.45, 2.75) is 25.8 Å². The highest BCUT2D eigenvalue weighted by atomic mass is 16.2. The summed E-state index contributed by atoms with van der Waals surface area (Å²) in [4.78, 5) is 30.5. The highest BCUT2D eigenvalue weighted by Gasteiger charge is 2.36. The summed E-state index contributed by atoms with van der Waals surface area (Å²) in [6.07, 6.45) is 2.27. The summed E-state index contributed by atoms with van der Waals surface area (Å²) in [7, 11) is 0. The van der Waals surface area contributed by atoms with Crippen LogP contribution in [0.4, 0.5) is 5.69 Å². The zero-order valence-corrected chi connectivity index (χ0v) is 18.4. The molecule has 0 bridgehead atoms. The van der Waals surface area contributed by atoms with Gasteiger partial charge in [-0.1, -0.05) is 48.0 Å². The Kier molecular flexibility index (Phi) is 6.99. The minimum Gasteiger partial charge on any atom is -0.338 e. The second-order valence-electron chi connectivity index (χ2n) is 8.87. The maximum Gasteiger partial charge on any atom is 0.287 e. The molecule has 6 heteroatoms. The first-order chi connectivity index (χ1) is 15.1. The lowest BCUT2D eigenvalue weighted by Crippen LogP contribution is -3.28. The van der Waals surface area contributed by atoms with Crippen LogP contribution >= 0.6 is 0 Å². The van der Waals surface area contributed by atoms with E-state index < -0.39 is 0 Å². The smallest absolute Gasteiger partial charge is 0.287 e. The number of aryl methyl sites for hydroxylation is 1. The van der Waals surface area contributed by atoms with Crippen LogP contribution in [-0.4, -0.2) is 62.5 Å². The normalized spacial score (nSPS) is 22.2. The zero-order chi connectivity index (χ0) is 21.6. The highest BCUT2D eigenvalue weighted by molar-refractivity contribution is 5.94. The van der Waals surface area contributed by atoms with Crippen molar-refractivity contribution in [1.82, 2.24) is 4.90 Å². The number of hydrogen-bond donors (Lipinski definition) is 3. The maximum absolute atomic E-state index is 13.3. The highest BCUT2D eigenvalue weighted by Crippen LogP contribution is 2.15. The third-order valence-corrected chi connectivity index (χ3v) is 6.58. The lowest BCUT2D eigenvalue weighted by molar-refractivity contribution is -1.02. The molecule has 0 aromatic heterocycles. The van der Waals surface area contributed by atoms with Gasteiger partial charge >= 0.3 is 0 Å². The lowest BCUT2D eigenvalue weighted by atomic mass is 10.0. The first-order valence-electron chi connectivity index (χ1n) is 11.5. The molecule has 2 fully saturated rings. The number of nitrogens with one attached hydrogen (secondary N) is 3. The minimum absolute atomic E-state index is 0.0293. The fourth-order valence-electron chi connectivity index (χ4n) is 4.75. The average molecular weight is 423 g/mol. The van der Waals surface area contributed by atoms with Gasteiger partial charge in [0.2, 0.25) is 0 Å². The standard InChI is InChI=1S/C25H32N4O2/c1-20-9-11-22(12-10-20)26-25(31)24(21-7-3-2-4-8-21)29-17-15-27(16-18-29)19-23(30)28-13-5-6-14-28/h2-4,7-12,24H,5-6,13-19H2,1H3,(H,26,31)/p+2/t24-/m1/s1. The van der Waals surface area contributed by atoms with Crippen LogP contribution in [0.3, 0.4) is 0 Å². The third kappa shape index (κ3) is 5.51. The number of anilines is 1. The Morgan fingerprint density at radius 1 is 0.935 bits per heavy atom. The second-order valence-corrected chi connectivity index (χ2v) is 8.87. The summed E-state index contributed by atoms with van der Waals surface area (Å²) in [6.45, 7) is 8.04. The number of carbonyl (C=O) groups excluding carboxylic acids is 2. The van der Waals surface area contributed by atoms with Gasteiger partial charge in [0.15, 0.2) is 12.6 Å². The van der Waals surface area contributed by atoms with Gasteiger partial charge in [0.1, 0.15) is 26.2 Å². The van der Waals surface area contributed by atoms with Crippen molar-refractivity contribution in [3.63, 3.8) is 0 Å². The SMILES string of the molecule is Cc1ccc(NC(=O)[C@@H](c2ccccc2)[NH+]2CC[NH+](CC(=O)N3CCCC3)CC2)cc1. The van der Waals surface area contributed by atoms with Crippen LogP contribution in [0.5, 0.6) is 0 Å². The predicted octanol–water partition coefficient (Wildman–Crippen LogP) is 0.0806. The topological polar surface area (TPSA) is 58.3 Å². The summed E-state index contributed by atoms with van der Waals surface area (Å²) in [6, 6.07) is 17.8. The van der Waals surface area contributed by atoms with Crippen LogP contribution in [-0.2, 0) is 9.59 Å².